The Hall–Kier alpha value is -1.59. The summed E-state index contributed by atoms with van der Waals surface area (Å²) < 4.78 is 9.27. The molecular weight excluding hydrogens is 246 g/mol. The van der Waals surface area contributed by atoms with Crippen LogP contribution in [0.2, 0.25) is 5.02 Å². The van der Waals surface area contributed by atoms with Crippen molar-refractivity contribution in [3.63, 3.8) is 0 Å². The lowest BCUT2D eigenvalue weighted by molar-refractivity contribution is -0.119. The van der Waals surface area contributed by atoms with Crippen molar-refractivity contribution in [2.24, 2.45) is 0 Å². The van der Waals surface area contributed by atoms with Crippen LogP contribution in [-0.4, -0.2) is 32.7 Å². The average molecular weight is 258 g/mol. The third kappa shape index (κ3) is 3.72. The van der Waals surface area contributed by atoms with E-state index >= 15 is 0 Å². The van der Waals surface area contributed by atoms with E-state index in [1.165, 1.54) is 26.4 Å². The first-order valence-corrected chi connectivity index (χ1v) is 5.13. The fraction of sp³-hybridized carbons (Fsp3) is 0.273. The third-order valence-electron chi connectivity index (χ3n) is 1.94. The lowest BCUT2D eigenvalue weighted by Gasteiger charge is -2.09. The second-order valence-electron chi connectivity index (χ2n) is 3.16. The molecule has 1 amide bonds. The number of hydrogen-bond donors (Lipinski definition) is 1. The molecule has 0 atom stereocenters. The number of amides is 1. The molecular formula is C11H12ClNO4. The summed E-state index contributed by atoms with van der Waals surface area (Å²) in [5.41, 5.74) is 0.535. The fourth-order valence-electron chi connectivity index (χ4n) is 1.23. The van der Waals surface area contributed by atoms with Crippen molar-refractivity contribution >= 4 is 29.2 Å². The van der Waals surface area contributed by atoms with E-state index in [0.29, 0.717) is 10.7 Å². The monoisotopic (exact) mass is 257 g/mol. The molecule has 1 N–H and O–H groups in total. The SMILES string of the molecule is COCC(=O)Nc1cc(Cl)ccc1C(=O)OC. The van der Waals surface area contributed by atoms with Gasteiger partial charge in [-0.05, 0) is 18.2 Å². The number of hydrogen-bond acceptors (Lipinski definition) is 4. The number of methoxy groups -OCH3 is 2. The van der Waals surface area contributed by atoms with Gasteiger partial charge in [0.2, 0.25) is 5.91 Å². The molecule has 0 aliphatic carbocycles. The minimum absolute atomic E-state index is 0.104. The smallest absolute Gasteiger partial charge is 0.339 e. The largest absolute Gasteiger partial charge is 0.465 e. The van der Waals surface area contributed by atoms with Gasteiger partial charge in [-0.2, -0.15) is 0 Å². The van der Waals surface area contributed by atoms with Crippen LogP contribution in [0.25, 0.3) is 0 Å². The molecule has 92 valence electrons. The molecule has 0 fully saturated rings. The zero-order valence-corrected chi connectivity index (χ0v) is 10.2. The lowest BCUT2D eigenvalue weighted by atomic mass is 10.2. The molecule has 0 spiro atoms. The highest BCUT2D eigenvalue weighted by Gasteiger charge is 2.14. The standard InChI is InChI=1S/C11H12ClNO4/c1-16-6-10(14)13-9-5-7(12)3-4-8(9)11(15)17-2/h3-5H,6H2,1-2H3,(H,13,14). The second-order valence-corrected chi connectivity index (χ2v) is 3.60. The van der Waals surface area contributed by atoms with Crippen LogP contribution in [0.15, 0.2) is 18.2 Å². The van der Waals surface area contributed by atoms with Crippen molar-refractivity contribution in [1.29, 1.82) is 0 Å². The zero-order valence-electron chi connectivity index (χ0n) is 9.45. The molecule has 1 rings (SSSR count). The van der Waals surface area contributed by atoms with Gasteiger partial charge in [0.25, 0.3) is 0 Å². The number of anilines is 1. The van der Waals surface area contributed by atoms with Gasteiger partial charge < -0.3 is 14.8 Å². The Balaban J connectivity index is 2.99. The van der Waals surface area contributed by atoms with Gasteiger partial charge in [-0.1, -0.05) is 11.6 Å². The predicted octanol–water partition coefficient (Wildman–Crippen LogP) is 1.71. The van der Waals surface area contributed by atoms with Crippen molar-refractivity contribution < 1.29 is 19.1 Å². The molecule has 0 saturated heterocycles. The van der Waals surface area contributed by atoms with Crippen LogP contribution < -0.4 is 5.32 Å². The van der Waals surface area contributed by atoms with E-state index in [0.717, 1.165) is 0 Å². The average Bonchev–Trinajstić information content (AvgIpc) is 2.28. The van der Waals surface area contributed by atoms with Crippen LogP contribution in [0.5, 0.6) is 0 Å². The van der Waals surface area contributed by atoms with E-state index in [1.54, 1.807) is 6.07 Å². The lowest BCUT2D eigenvalue weighted by Crippen LogP contribution is -2.19. The molecule has 1 aromatic rings. The van der Waals surface area contributed by atoms with E-state index in [4.69, 9.17) is 11.6 Å². The van der Waals surface area contributed by atoms with Gasteiger partial charge in [0, 0.05) is 12.1 Å². The zero-order chi connectivity index (χ0) is 12.8. The molecule has 6 heteroatoms. The molecule has 1 aromatic carbocycles. The summed E-state index contributed by atoms with van der Waals surface area (Å²) in [5, 5.41) is 2.93. The minimum Gasteiger partial charge on any atom is -0.465 e. The summed E-state index contributed by atoms with van der Waals surface area (Å²) in [6.07, 6.45) is 0. The molecule has 0 aliphatic heterocycles. The molecule has 17 heavy (non-hydrogen) atoms. The highest BCUT2D eigenvalue weighted by molar-refractivity contribution is 6.31. The molecule has 0 unspecified atom stereocenters. The summed E-state index contributed by atoms with van der Waals surface area (Å²) >= 11 is 5.79. The maximum Gasteiger partial charge on any atom is 0.339 e. The van der Waals surface area contributed by atoms with Gasteiger partial charge in [-0.25, -0.2) is 4.79 Å². The highest BCUT2D eigenvalue weighted by Crippen LogP contribution is 2.21. The summed E-state index contributed by atoms with van der Waals surface area (Å²) in [6.45, 7) is -0.104. The maximum absolute atomic E-state index is 11.4. The highest BCUT2D eigenvalue weighted by atomic mass is 35.5. The number of rotatable bonds is 4. The van der Waals surface area contributed by atoms with Crippen molar-refractivity contribution in [3.05, 3.63) is 28.8 Å². The molecule has 0 aliphatic rings. The van der Waals surface area contributed by atoms with Crippen LogP contribution in [0, 0.1) is 0 Å². The quantitative estimate of drug-likeness (QED) is 0.834. The first-order chi connectivity index (χ1) is 8.08. The van der Waals surface area contributed by atoms with Crippen LogP contribution in [0.4, 0.5) is 5.69 Å². The Morgan fingerprint density at radius 3 is 2.65 bits per heavy atom. The minimum atomic E-state index is -0.547. The summed E-state index contributed by atoms with van der Waals surface area (Å²) in [6, 6.07) is 4.50. The number of carbonyl (C=O) groups excluding carboxylic acids is 2. The van der Waals surface area contributed by atoms with Gasteiger partial charge in [-0.3, -0.25) is 4.79 Å². The van der Waals surface area contributed by atoms with Crippen molar-refractivity contribution in [2.45, 2.75) is 0 Å². The summed E-state index contributed by atoms with van der Waals surface area (Å²) in [4.78, 5) is 22.8. The molecule has 5 nitrogen and oxygen atoms in total. The van der Waals surface area contributed by atoms with Crippen LogP contribution in [-0.2, 0) is 14.3 Å². The van der Waals surface area contributed by atoms with E-state index in [-0.39, 0.29) is 18.1 Å². The predicted molar refractivity (Wildman–Crippen MR) is 63.3 cm³/mol. The van der Waals surface area contributed by atoms with E-state index in [1.807, 2.05) is 0 Å². The molecule has 0 radical (unpaired) electrons. The van der Waals surface area contributed by atoms with Gasteiger partial charge in [0.15, 0.2) is 0 Å². The van der Waals surface area contributed by atoms with Gasteiger partial charge in [-0.15, -0.1) is 0 Å². The Kier molecular flexibility index (Phi) is 4.93. The van der Waals surface area contributed by atoms with Crippen molar-refractivity contribution in [1.82, 2.24) is 0 Å². The van der Waals surface area contributed by atoms with E-state index in [9.17, 15) is 9.59 Å². The van der Waals surface area contributed by atoms with Crippen LogP contribution >= 0.6 is 11.6 Å². The first kappa shape index (κ1) is 13.5. The number of benzene rings is 1. The summed E-state index contributed by atoms with van der Waals surface area (Å²) in [7, 11) is 2.66. The summed E-state index contributed by atoms with van der Waals surface area (Å²) in [5.74, 6) is -0.922. The van der Waals surface area contributed by atoms with Crippen molar-refractivity contribution in [3.8, 4) is 0 Å². The first-order valence-electron chi connectivity index (χ1n) is 4.75. The van der Waals surface area contributed by atoms with Crippen molar-refractivity contribution in [2.75, 3.05) is 26.1 Å². The van der Waals surface area contributed by atoms with Gasteiger partial charge in [0.1, 0.15) is 6.61 Å². The third-order valence-corrected chi connectivity index (χ3v) is 2.17. The Morgan fingerprint density at radius 2 is 2.06 bits per heavy atom. The molecule has 0 bridgehead atoms. The number of halogens is 1. The Morgan fingerprint density at radius 1 is 1.35 bits per heavy atom. The number of nitrogens with one attached hydrogen (secondary N) is 1. The van der Waals surface area contributed by atoms with E-state index < -0.39 is 5.97 Å². The van der Waals surface area contributed by atoms with Gasteiger partial charge in [0.05, 0.1) is 18.4 Å². The Labute approximate surface area is 104 Å². The number of ether oxygens (including phenoxy) is 2. The Bertz CT molecular complexity index is 433. The topological polar surface area (TPSA) is 64.6 Å². The fourth-order valence-corrected chi connectivity index (χ4v) is 1.40. The second kappa shape index (κ2) is 6.22. The maximum atomic E-state index is 11.4. The molecule has 0 saturated carbocycles. The number of esters is 1. The normalized spacial score (nSPS) is 9.82. The van der Waals surface area contributed by atoms with Gasteiger partial charge >= 0.3 is 5.97 Å². The van der Waals surface area contributed by atoms with Crippen LogP contribution in [0.1, 0.15) is 10.4 Å². The number of carbonyl (C=O) groups is 2. The van der Waals surface area contributed by atoms with Crippen LogP contribution in [0.3, 0.4) is 0 Å². The molecule has 0 aromatic heterocycles. The van der Waals surface area contributed by atoms with E-state index in [2.05, 4.69) is 14.8 Å². The molecule has 0 heterocycles.